The first-order valence-corrected chi connectivity index (χ1v) is 6.34. The second-order valence-corrected chi connectivity index (χ2v) is 4.58. The number of ether oxygens (including phenoxy) is 2. The molecule has 0 radical (unpaired) electrons. The highest BCUT2D eigenvalue weighted by Crippen LogP contribution is 2.31. The van der Waals surface area contributed by atoms with E-state index in [1.807, 2.05) is 0 Å². The zero-order chi connectivity index (χ0) is 15.4. The van der Waals surface area contributed by atoms with Crippen LogP contribution in [0, 0.1) is 0 Å². The molecule has 0 spiro atoms. The van der Waals surface area contributed by atoms with E-state index in [1.165, 1.54) is 25.3 Å². The van der Waals surface area contributed by atoms with Gasteiger partial charge in [-0.15, -0.1) is 0 Å². The van der Waals surface area contributed by atoms with Crippen molar-refractivity contribution < 1.29 is 28.2 Å². The number of nitrogens with one attached hydrogen (secondary N) is 2. The van der Waals surface area contributed by atoms with Crippen molar-refractivity contribution in [2.75, 3.05) is 19.0 Å². The number of benzene rings is 1. The summed E-state index contributed by atoms with van der Waals surface area (Å²) in [6.45, 7) is -2.64. The third-order valence-corrected chi connectivity index (χ3v) is 3.07. The van der Waals surface area contributed by atoms with E-state index >= 15 is 0 Å². The largest absolute Gasteiger partial charge is 0.493 e. The van der Waals surface area contributed by atoms with Gasteiger partial charge in [0, 0.05) is 18.3 Å². The summed E-state index contributed by atoms with van der Waals surface area (Å²) in [7, 11) is 1.33. The topological polar surface area (TPSA) is 79.8 Å². The van der Waals surface area contributed by atoms with Gasteiger partial charge in [0.25, 0.3) is 0 Å². The van der Waals surface area contributed by atoms with E-state index < -0.39 is 18.8 Å². The highest BCUT2D eigenvalue weighted by molar-refractivity contribution is 5.95. The van der Waals surface area contributed by atoms with Crippen molar-refractivity contribution in [2.24, 2.45) is 0 Å². The number of aliphatic hydroxyl groups is 1. The number of hydrogen-bond donors (Lipinski definition) is 3. The Morgan fingerprint density at radius 2 is 2.24 bits per heavy atom. The molecule has 1 aliphatic rings. The Bertz CT molecular complexity index is 513. The fraction of sp³-hybridized carbons (Fsp3) is 0.462. The molecule has 1 amide bonds. The standard InChI is InChI=1S/C13H16F2N2O4/c1-20-10-3-2-7(4-11(10)21-13(14)15)17-12(19)9-5-8(18)6-16-9/h2-4,8-9,13,16,18H,5-6H2,1H3,(H,17,19). The summed E-state index contributed by atoms with van der Waals surface area (Å²) in [6.07, 6.45) is -0.253. The summed E-state index contributed by atoms with van der Waals surface area (Å²) in [5.74, 6) is -0.368. The van der Waals surface area contributed by atoms with E-state index in [2.05, 4.69) is 15.4 Å². The van der Waals surface area contributed by atoms with Gasteiger partial charge in [-0.3, -0.25) is 4.79 Å². The summed E-state index contributed by atoms with van der Waals surface area (Å²) in [5.41, 5.74) is 0.305. The summed E-state index contributed by atoms with van der Waals surface area (Å²) in [5, 5.41) is 14.8. The third kappa shape index (κ3) is 4.02. The summed E-state index contributed by atoms with van der Waals surface area (Å²) >= 11 is 0. The maximum absolute atomic E-state index is 12.3. The molecule has 0 bridgehead atoms. The van der Waals surface area contributed by atoms with Crippen LogP contribution in [0.25, 0.3) is 0 Å². The van der Waals surface area contributed by atoms with Crippen molar-refractivity contribution in [1.29, 1.82) is 0 Å². The zero-order valence-corrected chi connectivity index (χ0v) is 11.3. The first kappa shape index (κ1) is 15.5. The lowest BCUT2D eigenvalue weighted by Gasteiger charge is -2.14. The van der Waals surface area contributed by atoms with Crippen LogP contribution in [-0.2, 0) is 4.79 Å². The minimum atomic E-state index is -2.99. The lowest BCUT2D eigenvalue weighted by Crippen LogP contribution is -2.35. The van der Waals surface area contributed by atoms with E-state index in [0.29, 0.717) is 18.7 Å². The highest BCUT2D eigenvalue weighted by atomic mass is 19.3. The van der Waals surface area contributed by atoms with Gasteiger partial charge < -0.3 is 25.2 Å². The fourth-order valence-corrected chi connectivity index (χ4v) is 2.09. The van der Waals surface area contributed by atoms with Crippen LogP contribution in [0.15, 0.2) is 18.2 Å². The lowest BCUT2D eigenvalue weighted by molar-refractivity contribution is -0.117. The van der Waals surface area contributed by atoms with Gasteiger partial charge in [0.1, 0.15) is 0 Å². The molecule has 1 aromatic carbocycles. The van der Waals surface area contributed by atoms with Crippen molar-refractivity contribution in [1.82, 2.24) is 5.32 Å². The molecule has 3 N–H and O–H groups in total. The molecule has 8 heteroatoms. The molecule has 1 aliphatic heterocycles. The van der Waals surface area contributed by atoms with Gasteiger partial charge in [-0.1, -0.05) is 0 Å². The highest BCUT2D eigenvalue weighted by Gasteiger charge is 2.28. The van der Waals surface area contributed by atoms with E-state index in [1.54, 1.807) is 0 Å². The van der Waals surface area contributed by atoms with E-state index in [9.17, 15) is 18.7 Å². The molecular weight excluding hydrogens is 286 g/mol. The number of anilines is 1. The van der Waals surface area contributed by atoms with Gasteiger partial charge in [0.05, 0.1) is 19.3 Å². The average molecular weight is 302 g/mol. The van der Waals surface area contributed by atoms with Gasteiger partial charge in [-0.05, 0) is 18.6 Å². The minimum Gasteiger partial charge on any atom is -0.493 e. The normalized spacial score (nSPS) is 21.4. The zero-order valence-electron chi connectivity index (χ0n) is 11.3. The van der Waals surface area contributed by atoms with Crippen LogP contribution in [0.5, 0.6) is 11.5 Å². The van der Waals surface area contributed by atoms with Crippen molar-refractivity contribution in [3.05, 3.63) is 18.2 Å². The van der Waals surface area contributed by atoms with Gasteiger partial charge in [0.2, 0.25) is 5.91 Å². The number of β-amino-alcohol motifs (C(OH)–C–C–N with tert-alkyl or cyclic N) is 1. The van der Waals surface area contributed by atoms with Crippen LogP contribution >= 0.6 is 0 Å². The van der Waals surface area contributed by atoms with E-state index in [0.717, 1.165) is 0 Å². The molecule has 1 saturated heterocycles. The molecule has 6 nitrogen and oxygen atoms in total. The number of methoxy groups -OCH3 is 1. The number of halogens is 2. The quantitative estimate of drug-likeness (QED) is 0.755. The van der Waals surface area contributed by atoms with Gasteiger partial charge in [0.15, 0.2) is 11.5 Å². The number of carbonyl (C=O) groups excluding carboxylic acids is 1. The Morgan fingerprint density at radius 3 is 2.81 bits per heavy atom. The Hall–Kier alpha value is -1.93. The molecule has 116 valence electrons. The minimum absolute atomic E-state index is 0.141. The fourth-order valence-electron chi connectivity index (χ4n) is 2.09. The Morgan fingerprint density at radius 1 is 1.48 bits per heavy atom. The maximum atomic E-state index is 12.3. The number of aliphatic hydroxyl groups excluding tert-OH is 1. The van der Waals surface area contributed by atoms with Gasteiger partial charge >= 0.3 is 6.61 Å². The molecule has 2 rings (SSSR count). The molecular formula is C13H16F2N2O4. The Kier molecular flexibility index (Phi) is 4.92. The first-order valence-electron chi connectivity index (χ1n) is 6.34. The summed E-state index contributed by atoms with van der Waals surface area (Å²) < 4.78 is 33.9. The molecule has 2 unspecified atom stereocenters. The van der Waals surface area contributed by atoms with Gasteiger partial charge in [-0.2, -0.15) is 8.78 Å². The molecule has 0 aromatic heterocycles. The number of carbonyl (C=O) groups is 1. The molecule has 1 aromatic rings. The Balaban J connectivity index is 2.07. The molecule has 0 aliphatic carbocycles. The average Bonchev–Trinajstić information content (AvgIpc) is 2.85. The van der Waals surface area contributed by atoms with Crippen molar-refractivity contribution in [2.45, 2.75) is 25.2 Å². The maximum Gasteiger partial charge on any atom is 0.387 e. The van der Waals surface area contributed by atoms with Crippen LogP contribution < -0.4 is 20.1 Å². The Labute approximate surface area is 120 Å². The van der Waals surface area contributed by atoms with E-state index in [4.69, 9.17) is 4.74 Å². The number of alkyl halides is 2. The SMILES string of the molecule is COc1ccc(NC(=O)C2CC(O)CN2)cc1OC(F)F. The van der Waals surface area contributed by atoms with Crippen LogP contribution in [0.2, 0.25) is 0 Å². The van der Waals surface area contributed by atoms with Crippen LogP contribution in [0.1, 0.15) is 6.42 Å². The monoisotopic (exact) mass is 302 g/mol. The number of hydrogen-bond acceptors (Lipinski definition) is 5. The molecule has 2 atom stereocenters. The lowest BCUT2D eigenvalue weighted by atomic mass is 10.2. The predicted octanol–water partition coefficient (Wildman–Crippen LogP) is 0.958. The van der Waals surface area contributed by atoms with Crippen LogP contribution in [0.4, 0.5) is 14.5 Å². The summed E-state index contributed by atoms with van der Waals surface area (Å²) in [6, 6.07) is 3.68. The van der Waals surface area contributed by atoms with Gasteiger partial charge in [-0.25, -0.2) is 0 Å². The third-order valence-electron chi connectivity index (χ3n) is 3.07. The van der Waals surface area contributed by atoms with Crippen molar-refractivity contribution in [3.8, 4) is 11.5 Å². The molecule has 1 heterocycles. The van der Waals surface area contributed by atoms with Crippen molar-refractivity contribution in [3.63, 3.8) is 0 Å². The van der Waals surface area contributed by atoms with E-state index in [-0.39, 0.29) is 17.4 Å². The van der Waals surface area contributed by atoms with Crippen molar-refractivity contribution >= 4 is 11.6 Å². The predicted molar refractivity (Wildman–Crippen MR) is 70.7 cm³/mol. The number of rotatable bonds is 5. The van der Waals surface area contributed by atoms with Crippen LogP contribution in [0.3, 0.4) is 0 Å². The van der Waals surface area contributed by atoms with Crippen LogP contribution in [-0.4, -0.2) is 43.4 Å². The second kappa shape index (κ2) is 6.68. The second-order valence-electron chi connectivity index (χ2n) is 4.58. The smallest absolute Gasteiger partial charge is 0.387 e. The summed E-state index contributed by atoms with van der Waals surface area (Å²) in [4.78, 5) is 11.9. The first-order chi connectivity index (χ1) is 9.99. The molecule has 21 heavy (non-hydrogen) atoms. The molecule has 1 fully saturated rings. The molecule has 0 saturated carbocycles. The number of amides is 1.